The van der Waals surface area contributed by atoms with Crippen LogP contribution in [0.1, 0.15) is 39.3 Å². The Morgan fingerprint density at radius 2 is 1.88 bits per heavy atom. The van der Waals surface area contributed by atoms with Crippen LogP contribution in [0.25, 0.3) is 22.4 Å². The van der Waals surface area contributed by atoms with Crippen molar-refractivity contribution in [3.05, 3.63) is 77.2 Å². The number of aryl methyl sites for hydroxylation is 1. The van der Waals surface area contributed by atoms with Gasteiger partial charge in [0, 0.05) is 22.9 Å². The summed E-state index contributed by atoms with van der Waals surface area (Å²) in [6.07, 6.45) is 1.98. The number of pyridine rings is 1. The number of aromatic nitrogens is 2. The van der Waals surface area contributed by atoms with E-state index in [9.17, 15) is 14.0 Å². The first-order chi connectivity index (χ1) is 15.5. The zero-order chi connectivity index (χ0) is 22.2. The van der Waals surface area contributed by atoms with E-state index >= 15 is 0 Å². The van der Waals surface area contributed by atoms with Gasteiger partial charge in [0.05, 0.1) is 22.3 Å². The van der Waals surface area contributed by atoms with Gasteiger partial charge < -0.3 is 15.2 Å². The van der Waals surface area contributed by atoms with E-state index in [1.165, 1.54) is 12.1 Å². The van der Waals surface area contributed by atoms with E-state index in [1.807, 2.05) is 0 Å². The second-order valence-corrected chi connectivity index (χ2v) is 7.77. The maximum atomic E-state index is 14.4. The first-order valence-electron chi connectivity index (χ1n) is 10.2. The normalized spacial score (nSPS) is 13.2. The number of amides is 2. The van der Waals surface area contributed by atoms with Crippen LogP contribution in [0, 0.1) is 12.7 Å². The number of halogens is 1. The molecule has 0 bridgehead atoms. The third kappa shape index (κ3) is 3.82. The molecule has 2 N–H and O–H groups in total. The van der Waals surface area contributed by atoms with Crippen LogP contribution in [0.2, 0.25) is 0 Å². The Hall–Kier alpha value is -4.07. The van der Waals surface area contributed by atoms with Gasteiger partial charge in [0.15, 0.2) is 0 Å². The fourth-order valence-corrected chi connectivity index (χ4v) is 3.51. The first-order valence-corrected chi connectivity index (χ1v) is 10.2. The summed E-state index contributed by atoms with van der Waals surface area (Å²) >= 11 is 0. The average Bonchev–Trinajstić information content (AvgIpc) is 3.53. The molecule has 1 aliphatic carbocycles. The van der Waals surface area contributed by atoms with Crippen LogP contribution >= 0.6 is 0 Å². The molecule has 0 saturated heterocycles. The Morgan fingerprint density at radius 3 is 2.66 bits per heavy atom. The molecule has 4 aromatic rings. The van der Waals surface area contributed by atoms with Crippen molar-refractivity contribution in [2.45, 2.75) is 25.8 Å². The molecular weight excluding hydrogens is 411 g/mol. The maximum absolute atomic E-state index is 14.4. The van der Waals surface area contributed by atoms with E-state index in [-0.39, 0.29) is 34.5 Å². The number of anilines is 1. The summed E-state index contributed by atoms with van der Waals surface area (Å²) in [6, 6.07) is 14.6. The molecule has 8 heteroatoms. The molecule has 5 rings (SSSR count). The van der Waals surface area contributed by atoms with Crippen LogP contribution in [0.5, 0.6) is 0 Å². The Balaban J connectivity index is 1.50. The lowest BCUT2D eigenvalue weighted by atomic mass is 10.0. The van der Waals surface area contributed by atoms with Crippen LogP contribution in [0.15, 0.2) is 59.1 Å². The molecule has 2 aromatic carbocycles. The maximum Gasteiger partial charge on any atom is 0.259 e. The summed E-state index contributed by atoms with van der Waals surface area (Å²) < 4.78 is 19.6. The third-order valence-electron chi connectivity index (χ3n) is 5.31. The highest BCUT2D eigenvalue weighted by atomic mass is 19.1. The van der Waals surface area contributed by atoms with Crippen molar-refractivity contribution in [1.29, 1.82) is 0 Å². The fraction of sp³-hybridized carbons (Fsp3) is 0.167. The molecule has 1 aliphatic rings. The van der Waals surface area contributed by atoms with E-state index < -0.39 is 11.7 Å². The lowest BCUT2D eigenvalue weighted by molar-refractivity contribution is 0.0949. The molecule has 1 fully saturated rings. The number of fused-ring (bicyclic) bond motifs is 1. The number of nitrogens with one attached hydrogen (secondary N) is 2. The Kier molecular flexibility index (Phi) is 4.89. The van der Waals surface area contributed by atoms with Gasteiger partial charge in [0.2, 0.25) is 0 Å². The summed E-state index contributed by atoms with van der Waals surface area (Å²) in [5.41, 5.74) is 2.32. The van der Waals surface area contributed by atoms with Gasteiger partial charge in [-0.25, -0.2) is 9.37 Å². The highest BCUT2D eigenvalue weighted by Gasteiger charge is 2.24. The van der Waals surface area contributed by atoms with Gasteiger partial charge in [0.25, 0.3) is 17.5 Å². The number of benzene rings is 2. The van der Waals surface area contributed by atoms with Gasteiger partial charge >= 0.3 is 0 Å². The van der Waals surface area contributed by atoms with E-state index in [0.717, 1.165) is 12.8 Å². The SMILES string of the molecule is Cc1noc2nc(-c3ccccc3F)cc(C(=O)Nc3cccc(C(=O)NC4CC4)c3)c12. The minimum Gasteiger partial charge on any atom is -0.349 e. The zero-order valence-electron chi connectivity index (χ0n) is 17.2. The highest BCUT2D eigenvalue weighted by molar-refractivity contribution is 6.13. The van der Waals surface area contributed by atoms with Crippen LogP contribution in [-0.4, -0.2) is 28.0 Å². The standard InChI is InChI=1S/C24H19FN4O3/c1-13-21-18(12-20(28-24(21)32-29-13)17-7-2-3-8-19(17)25)23(31)27-16-6-4-5-14(11-16)22(30)26-15-9-10-15/h2-8,11-12,15H,9-10H2,1H3,(H,26,30)(H,27,31). The van der Waals surface area contributed by atoms with E-state index in [0.29, 0.717) is 22.3 Å². The third-order valence-corrected chi connectivity index (χ3v) is 5.31. The molecule has 2 heterocycles. The molecule has 2 aromatic heterocycles. The number of carbonyl (C=O) groups excluding carboxylic acids is 2. The minimum atomic E-state index is -0.462. The number of rotatable bonds is 5. The predicted molar refractivity (Wildman–Crippen MR) is 117 cm³/mol. The Labute approximate surface area is 182 Å². The van der Waals surface area contributed by atoms with Crippen molar-refractivity contribution in [2.75, 3.05) is 5.32 Å². The zero-order valence-corrected chi connectivity index (χ0v) is 17.2. The molecule has 0 unspecified atom stereocenters. The monoisotopic (exact) mass is 430 g/mol. The van der Waals surface area contributed by atoms with E-state index in [4.69, 9.17) is 4.52 Å². The van der Waals surface area contributed by atoms with Crippen molar-refractivity contribution in [2.24, 2.45) is 0 Å². The second-order valence-electron chi connectivity index (χ2n) is 7.77. The molecule has 0 atom stereocenters. The van der Waals surface area contributed by atoms with Crippen LogP contribution in [-0.2, 0) is 0 Å². The van der Waals surface area contributed by atoms with Crippen molar-refractivity contribution >= 4 is 28.6 Å². The second kappa shape index (κ2) is 7.88. The molecule has 2 amide bonds. The average molecular weight is 430 g/mol. The molecule has 1 saturated carbocycles. The summed E-state index contributed by atoms with van der Waals surface area (Å²) in [7, 11) is 0. The van der Waals surface area contributed by atoms with Gasteiger partial charge in [-0.05, 0) is 56.2 Å². The van der Waals surface area contributed by atoms with E-state index in [2.05, 4.69) is 20.8 Å². The van der Waals surface area contributed by atoms with Crippen molar-refractivity contribution in [3.63, 3.8) is 0 Å². The van der Waals surface area contributed by atoms with Crippen LogP contribution in [0.3, 0.4) is 0 Å². The van der Waals surface area contributed by atoms with Crippen molar-refractivity contribution < 1.29 is 18.5 Å². The highest BCUT2D eigenvalue weighted by Crippen LogP contribution is 2.29. The summed E-state index contributed by atoms with van der Waals surface area (Å²) in [5, 5.41) is 10.1. The lowest BCUT2D eigenvalue weighted by Gasteiger charge is -2.10. The molecule has 0 radical (unpaired) electrons. The molecule has 7 nitrogen and oxygen atoms in total. The largest absolute Gasteiger partial charge is 0.349 e. The minimum absolute atomic E-state index is 0.144. The van der Waals surface area contributed by atoms with E-state index in [1.54, 1.807) is 49.4 Å². The summed E-state index contributed by atoms with van der Waals surface area (Å²) in [5.74, 6) is -1.08. The molecule has 32 heavy (non-hydrogen) atoms. The molecule has 0 aliphatic heterocycles. The Bertz CT molecular complexity index is 1360. The van der Waals surface area contributed by atoms with Gasteiger partial charge in [0.1, 0.15) is 5.82 Å². The van der Waals surface area contributed by atoms with Crippen molar-refractivity contribution in [3.8, 4) is 11.3 Å². The topological polar surface area (TPSA) is 97.1 Å². The molecular formula is C24H19FN4O3. The molecule has 160 valence electrons. The van der Waals surface area contributed by atoms with Crippen LogP contribution in [0.4, 0.5) is 10.1 Å². The number of nitrogens with zero attached hydrogens (tertiary/aromatic N) is 2. The lowest BCUT2D eigenvalue weighted by Crippen LogP contribution is -2.25. The summed E-state index contributed by atoms with van der Waals surface area (Å²) in [6.45, 7) is 1.70. The van der Waals surface area contributed by atoms with Crippen molar-refractivity contribution in [1.82, 2.24) is 15.5 Å². The van der Waals surface area contributed by atoms with Gasteiger partial charge in [-0.3, -0.25) is 9.59 Å². The number of hydrogen-bond donors (Lipinski definition) is 2. The molecule has 0 spiro atoms. The number of carbonyl (C=O) groups is 2. The quantitative estimate of drug-likeness (QED) is 0.487. The first kappa shape index (κ1) is 19.9. The van der Waals surface area contributed by atoms with Gasteiger partial charge in [-0.15, -0.1) is 0 Å². The Morgan fingerprint density at radius 1 is 1.06 bits per heavy atom. The predicted octanol–water partition coefficient (Wildman–Crippen LogP) is 4.48. The fourth-order valence-electron chi connectivity index (χ4n) is 3.51. The summed E-state index contributed by atoms with van der Waals surface area (Å²) in [4.78, 5) is 29.9. The van der Waals surface area contributed by atoms with Crippen LogP contribution < -0.4 is 10.6 Å². The van der Waals surface area contributed by atoms with Gasteiger partial charge in [-0.2, -0.15) is 0 Å². The number of hydrogen-bond acceptors (Lipinski definition) is 5. The smallest absolute Gasteiger partial charge is 0.259 e. The van der Waals surface area contributed by atoms with Gasteiger partial charge in [-0.1, -0.05) is 23.4 Å².